The van der Waals surface area contributed by atoms with E-state index in [1.807, 2.05) is 41.1 Å². The lowest BCUT2D eigenvalue weighted by Gasteiger charge is -2.17. The van der Waals surface area contributed by atoms with Crippen molar-refractivity contribution in [3.8, 4) is 0 Å². The third-order valence-electron chi connectivity index (χ3n) is 6.38. The van der Waals surface area contributed by atoms with E-state index >= 15 is 0 Å². The van der Waals surface area contributed by atoms with E-state index in [-0.39, 0.29) is 30.4 Å². The smallest absolute Gasteiger partial charge is 0.270 e. The summed E-state index contributed by atoms with van der Waals surface area (Å²) in [6.45, 7) is 0.791. The average Bonchev–Trinajstić information content (AvgIpc) is 3.55. The molecule has 0 fully saturated rings. The maximum Gasteiger partial charge on any atom is 0.270 e. The predicted octanol–water partition coefficient (Wildman–Crippen LogP) is 6.17. The van der Waals surface area contributed by atoms with Crippen molar-refractivity contribution in [1.29, 1.82) is 0 Å². The van der Waals surface area contributed by atoms with Gasteiger partial charge in [-0.25, -0.2) is 4.39 Å². The van der Waals surface area contributed by atoms with Crippen molar-refractivity contribution in [1.82, 2.24) is 9.88 Å². The molecule has 0 bridgehead atoms. The fraction of sp³-hybridized carbons (Fsp3) is 0.138. The molecular weight excluding hydrogens is 473 g/mol. The van der Waals surface area contributed by atoms with Crippen molar-refractivity contribution in [2.24, 2.45) is 0 Å². The van der Waals surface area contributed by atoms with Crippen LogP contribution < -0.4 is 5.32 Å². The van der Waals surface area contributed by atoms with E-state index in [0.717, 1.165) is 22.2 Å². The van der Waals surface area contributed by atoms with Crippen molar-refractivity contribution in [3.05, 3.63) is 136 Å². The first-order valence-electron chi connectivity index (χ1n) is 11.8. The number of nitrogens with one attached hydrogen (secondary N) is 1. The van der Waals surface area contributed by atoms with Crippen molar-refractivity contribution < 1.29 is 18.5 Å². The van der Waals surface area contributed by atoms with Crippen LogP contribution in [0, 0.1) is 15.9 Å². The van der Waals surface area contributed by atoms with Crippen LogP contribution in [0.2, 0.25) is 0 Å². The Balaban J connectivity index is 1.57. The third-order valence-corrected chi connectivity index (χ3v) is 6.38. The highest BCUT2D eigenvalue weighted by molar-refractivity contribution is 5.88. The van der Waals surface area contributed by atoms with E-state index < -0.39 is 10.8 Å². The number of non-ortho nitro benzene ring substituents is 1. The van der Waals surface area contributed by atoms with Gasteiger partial charge in [0.25, 0.3) is 5.69 Å². The summed E-state index contributed by atoms with van der Waals surface area (Å²) in [6, 6.07) is 24.2. The molecule has 8 heteroatoms. The minimum Gasteiger partial charge on any atom is -0.467 e. The van der Waals surface area contributed by atoms with Crippen molar-refractivity contribution >= 4 is 22.5 Å². The van der Waals surface area contributed by atoms with Crippen LogP contribution >= 0.6 is 0 Å². The molecule has 186 valence electrons. The number of nitro groups is 1. The summed E-state index contributed by atoms with van der Waals surface area (Å²) < 4.78 is 21.1. The Kier molecular flexibility index (Phi) is 6.81. The number of carbonyl (C=O) groups is 1. The zero-order valence-electron chi connectivity index (χ0n) is 19.8. The standard InChI is InChI=1S/C29H24FN3O4/c30-22-10-8-21(9-11-22)25(16-29(34)31-17-24-7-4-14-37-24)27-19-32(18-20-5-2-1-3-6-20)28-13-12-23(33(35)36)15-26(27)28/h1-15,19,25H,16-18H2,(H,31,34)/t25-/m0/s1. The highest BCUT2D eigenvalue weighted by Crippen LogP contribution is 2.37. The highest BCUT2D eigenvalue weighted by atomic mass is 19.1. The second-order valence-corrected chi connectivity index (χ2v) is 8.82. The van der Waals surface area contributed by atoms with Gasteiger partial charge in [0.1, 0.15) is 11.6 Å². The molecule has 37 heavy (non-hydrogen) atoms. The van der Waals surface area contributed by atoms with Crippen LogP contribution in [-0.2, 0) is 17.9 Å². The molecular formula is C29H24FN3O4. The molecule has 3 aromatic carbocycles. The molecule has 5 aromatic rings. The van der Waals surface area contributed by atoms with E-state index in [0.29, 0.717) is 17.7 Å². The number of amides is 1. The van der Waals surface area contributed by atoms with Gasteiger partial charge in [-0.15, -0.1) is 0 Å². The Bertz CT molecular complexity index is 1530. The Labute approximate surface area is 212 Å². The monoisotopic (exact) mass is 497 g/mol. The Morgan fingerprint density at radius 3 is 2.51 bits per heavy atom. The van der Waals surface area contributed by atoms with Crippen LogP contribution in [0.25, 0.3) is 10.9 Å². The van der Waals surface area contributed by atoms with Gasteiger partial charge in [-0.1, -0.05) is 42.5 Å². The number of carbonyl (C=O) groups excluding carboxylic acids is 1. The summed E-state index contributed by atoms with van der Waals surface area (Å²) in [5, 5.41) is 15.1. The summed E-state index contributed by atoms with van der Waals surface area (Å²) in [4.78, 5) is 24.2. The lowest BCUT2D eigenvalue weighted by Crippen LogP contribution is -2.24. The number of hydrogen-bond donors (Lipinski definition) is 1. The summed E-state index contributed by atoms with van der Waals surface area (Å²) in [5.41, 5.74) is 3.34. The first-order chi connectivity index (χ1) is 18.0. The molecule has 0 aliphatic heterocycles. The predicted molar refractivity (Wildman–Crippen MR) is 138 cm³/mol. The summed E-state index contributed by atoms with van der Waals surface area (Å²) in [6.07, 6.45) is 3.55. The molecule has 0 saturated heterocycles. The number of fused-ring (bicyclic) bond motifs is 1. The molecule has 1 atom stereocenters. The average molecular weight is 498 g/mol. The minimum absolute atomic E-state index is 0.0358. The second kappa shape index (κ2) is 10.5. The van der Waals surface area contributed by atoms with Crippen LogP contribution in [0.3, 0.4) is 0 Å². The molecule has 1 amide bonds. The fourth-order valence-corrected chi connectivity index (χ4v) is 4.57. The van der Waals surface area contributed by atoms with Crippen LogP contribution in [0.15, 0.2) is 102 Å². The molecule has 5 rings (SSSR count). The second-order valence-electron chi connectivity index (χ2n) is 8.82. The van der Waals surface area contributed by atoms with Gasteiger partial charge in [0.2, 0.25) is 5.91 Å². The summed E-state index contributed by atoms with van der Waals surface area (Å²) >= 11 is 0. The first-order valence-corrected chi connectivity index (χ1v) is 11.8. The van der Waals surface area contributed by atoms with Crippen LogP contribution in [0.1, 0.15) is 34.8 Å². The van der Waals surface area contributed by atoms with Gasteiger partial charge < -0.3 is 14.3 Å². The third kappa shape index (κ3) is 5.43. The van der Waals surface area contributed by atoms with Gasteiger partial charge in [-0.05, 0) is 47.0 Å². The van der Waals surface area contributed by atoms with Gasteiger partial charge in [-0.2, -0.15) is 0 Å². The van der Waals surface area contributed by atoms with Crippen LogP contribution in [0.4, 0.5) is 10.1 Å². The largest absolute Gasteiger partial charge is 0.467 e. The number of furan rings is 1. The zero-order chi connectivity index (χ0) is 25.8. The number of rotatable bonds is 9. The van der Waals surface area contributed by atoms with Gasteiger partial charge in [0.15, 0.2) is 0 Å². The van der Waals surface area contributed by atoms with E-state index in [1.165, 1.54) is 24.5 Å². The lowest BCUT2D eigenvalue weighted by atomic mass is 9.88. The zero-order valence-corrected chi connectivity index (χ0v) is 19.8. The SMILES string of the molecule is O=C(C[C@@H](c1ccc(F)cc1)c1cn(Cc2ccccc2)c2ccc([N+](=O)[O-])cc12)NCc1ccco1. The molecule has 7 nitrogen and oxygen atoms in total. The van der Waals surface area contributed by atoms with Crippen molar-refractivity contribution in [2.75, 3.05) is 0 Å². The number of halogens is 1. The van der Waals surface area contributed by atoms with Gasteiger partial charge in [-0.3, -0.25) is 14.9 Å². The van der Waals surface area contributed by atoms with Gasteiger partial charge in [0.05, 0.1) is 17.7 Å². The number of nitrogens with zero attached hydrogens (tertiary/aromatic N) is 2. The first kappa shape index (κ1) is 24.0. The van der Waals surface area contributed by atoms with Crippen molar-refractivity contribution in [3.63, 3.8) is 0 Å². The molecule has 0 aliphatic rings. The molecule has 1 N–H and O–H groups in total. The number of nitro benzene ring substituents is 1. The van der Waals surface area contributed by atoms with Crippen LogP contribution in [0.5, 0.6) is 0 Å². The molecule has 0 spiro atoms. The van der Waals surface area contributed by atoms with E-state index in [9.17, 15) is 19.3 Å². The normalized spacial score (nSPS) is 11.9. The van der Waals surface area contributed by atoms with E-state index in [1.54, 1.807) is 36.4 Å². The number of aromatic nitrogens is 1. The topological polar surface area (TPSA) is 90.3 Å². The number of benzene rings is 3. The Morgan fingerprint density at radius 1 is 1.03 bits per heavy atom. The maximum atomic E-state index is 13.8. The molecule has 0 radical (unpaired) electrons. The lowest BCUT2D eigenvalue weighted by molar-refractivity contribution is -0.384. The molecule has 0 aliphatic carbocycles. The Morgan fingerprint density at radius 2 is 1.81 bits per heavy atom. The number of hydrogen-bond acceptors (Lipinski definition) is 4. The maximum absolute atomic E-state index is 13.8. The van der Waals surface area contributed by atoms with E-state index in [4.69, 9.17) is 4.42 Å². The molecule has 0 saturated carbocycles. The molecule has 2 heterocycles. The Hall–Kier alpha value is -4.72. The van der Waals surface area contributed by atoms with Crippen LogP contribution in [-0.4, -0.2) is 15.4 Å². The fourth-order valence-electron chi connectivity index (χ4n) is 4.57. The quantitative estimate of drug-likeness (QED) is 0.195. The highest BCUT2D eigenvalue weighted by Gasteiger charge is 2.24. The molecule has 2 aromatic heterocycles. The molecule has 0 unspecified atom stereocenters. The van der Waals surface area contributed by atoms with Gasteiger partial charge in [0, 0.05) is 48.1 Å². The van der Waals surface area contributed by atoms with E-state index in [2.05, 4.69) is 5.32 Å². The van der Waals surface area contributed by atoms with Crippen molar-refractivity contribution in [2.45, 2.75) is 25.4 Å². The summed E-state index contributed by atoms with van der Waals surface area (Å²) in [7, 11) is 0. The minimum atomic E-state index is -0.460. The summed E-state index contributed by atoms with van der Waals surface area (Å²) in [5.74, 6) is -0.437. The van der Waals surface area contributed by atoms with Gasteiger partial charge >= 0.3 is 0 Å².